The molecule has 1 aromatic rings. The average molecular weight is 175 g/mol. The van der Waals surface area contributed by atoms with E-state index in [-0.39, 0.29) is 0 Å². The van der Waals surface area contributed by atoms with Crippen LogP contribution in [0.25, 0.3) is 0 Å². The van der Waals surface area contributed by atoms with Crippen LogP contribution in [0.4, 0.5) is 0 Å². The molecule has 0 N–H and O–H groups in total. The molecule has 0 saturated heterocycles. The summed E-state index contributed by atoms with van der Waals surface area (Å²) in [5.41, 5.74) is 0. The quantitative estimate of drug-likeness (QED) is 0.621. The van der Waals surface area contributed by atoms with E-state index in [9.17, 15) is 0 Å². The van der Waals surface area contributed by atoms with Gasteiger partial charge in [-0.15, -0.1) is 0 Å². The van der Waals surface area contributed by atoms with Gasteiger partial charge in [-0.25, -0.2) is 9.13 Å². The van der Waals surface area contributed by atoms with Gasteiger partial charge >= 0.3 is 0 Å². The van der Waals surface area contributed by atoms with Crippen LogP contribution >= 0.6 is 0 Å². The molecule has 0 radical (unpaired) electrons. The van der Waals surface area contributed by atoms with Crippen LogP contribution in [-0.4, -0.2) is 4.57 Å². The molecule has 0 saturated carbocycles. The van der Waals surface area contributed by atoms with E-state index >= 15 is 0 Å². The smallest absolute Gasteiger partial charge is 0.235 e. The molecular formula is C9H11N4+. The van der Waals surface area contributed by atoms with Gasteiger partial charge in [0.05, 0.1) is 6.54 Å². The molecule has 0 bridgehead atoms. The standard InChI is InChI=1S/C9H11N4/c1-3-12-4-5-13(8(12)2)9(6-10)7-11/h4-5,9H,3H2,1-2H3/q+1. The Bertz CT molecular complexity index is 363. The van der Waals surface area contributed by atoms with Gasteiger partial charge in [-0.3, -0.25) is 0 Å². The van der Waals surface area contributed by atoms with Crippen LogP contribution in [0.1, 0.15) is 18.8 Å². The van der Waals surface area contributed by atoms with Crippen molar-refractivity contribution in [1.82, 2.24) is 4.57 Å². The Morgan fingerprint density at radius 1 is 1.54 bits per heavy atom. The number of hydrogen-bond acceptors (Lipinski definition) is 2. The van der Waals surface area contributed by atoms with Gasteiger partial charge in [-0.05, 0) is 6.92 Å². The van der Waals surface area contributed by atoms with Gasteiger partial charge in [0.2, 0.25) is 0 Å². The third-order valence-electron chi connectivity index (χ3n) is 2.06. The summed E-state index contributed by atoms with van der Waals surface area (Å²) in [4.78, 5) is 0. The summed E-state index contributed by atoms with van der Waals surface area (Å²) < 4.78 is 3.66. The third-order valence-corrected chi connectivity index (χ3v) is 2.06. The second-order valence-electron chi connectivity index (χ2n) is 2.70. The monoisotopic (exact) mass is 175 g/mol. The Morgan fingerprint density at radius 2 is 2.15 bits per heavy atom. The van der Waals surface area contributed by atoms with Gasteiger partial charge < -0.3 is 0 Å². The summed E-state index contributed by atoms with van der Waals surface area (Å²) >= 11 is 0. The minimum Gasteiger partial charge on any atom is -0.235 e. The van der Waals surface area contributed by atoms with E-state index < -0.39 is 6.04 Å². The minimum absolute atomic E-state index is 0.715. The number of rotatable bonds is 2. The molecule has 66 valence electrons. The summed E-state index contributed by atoms with van der Waals surface area (Å²) in [6, 6.07) is 3.15. The summed E-state index contributed by atoms with van der Waals surface area (Å²) in [6.45, 7) is 4.76. The highest BCUT2D eigenvalue weighted by molar-refractivity contribution is 5.07. The maximum atomic E-state index is 8.68. The molecule has 0 spiro atoms. The lowest BCUT2D eigenvalue weighted by molar-refractivity contribution is -0.699. The summed E-state index contributed by atoms with van der Waals surface area (Å²) in [5, 5.41) is 17.4. The van der Waals surface area contributed by atoms with Crippen LogP contribution in [0.15, 0.2) is 12.4 Å². The Morgan fingerprint density at radius 3 is 2.54 bits per heavy atom. The van der Waals surface area contributed by atoms with Gasteiger partial charge in [0.25, 0.3) is 11.9 Å². The molecule has 1 rings (SSSR count). The van der Waals surface area contributed by atoms with Crippen molar-refractivity contribution in [1.29, 1.82) is 10.5 Å². The molecule has 0 unspecified atom stereocenters. The fourth-order valence-electron chi connectivity index (χ4n) is 1.28. The highest BCUT2D eigenvalue weighted by atomic mass is 15.2. The number of aromatic nitrogens is 2. The second kappa shape index (κ2) is 3.73. The number of nitriles is 2. The fraction of sp³-hybridized carbons (Fsp3) is 0.444. The minimum atomic E-state index is -0.715. The maximum Gasteiger partial charge on any atom is 0.272 e. The first kappa shape index (κ1) is 9.28. The molecule has 0 aromatic carbocycles. The van der Waals surface area contributed by atoms with Gasteiger partial charge in [-0.1, -0.05) is 0 Å². The van der Waals surface area contributed by atoms with Crippen LogP contribution in [0, 0.1) is 29.6 Å². The average Bonchev–Trinajstić information content (AvgIpc) is 2.50. The Labute approximate surface area is 77.3 Å². The zero-order valence-electron chi connectivity index (χ0n) is 7.73. The van der Waals surface area contributed by atoms with Gasteiger partial charge in [0, 0.05) is 6.92 Å². The van der Waals surface area contributed by atoms with Crippen molar-refractivity contribution >= 4 is 0 Å². The Hall–Kier alpha value is -1.81. The zero-order chi connectivity index (χ0) is 9.84. The van der Waals surface area contributed by atoms with E-state index in [2.05, 4.69) is 0 Å². The highest BCUT2D eigenvalue weighted by Crippen LogP contribution is 2.05. The van der Waals surface area contributed by atoms with Gasteiger partial charge in [-0.2, -0.15) is 10.5 Å². The molecule has 0 fully saturated rings. The lowest BCUT2D eigenvalue weighted by Crippen LogP contribution is -2.34. The summed E-state index contributed by atoms with van der Waals surface area (Å²) in [7, 11) is 0. The highest BCUT2D eigenvalue weighted by Gasteiger charge is 2.19. The lowest BCUT2D eigenvalue weighted by atomic mass is 10.3. The van der Waals surface area contributed by atoms with E-state index in [1.54, 1.807) is 10.8 Å². The SMILES string of the molecule is CC[n+]1ccn(C(C#N)C#N)c1C. The van der Waals surface area contributed by atoms with Crippen molar-refractivity contribution < 1.29 is 4.57 Å². The van der Waals surface area contributed by atoms with E-state index in [1.165, 1.54) is 0 Å². The molecule has 4 nitrogen and oxygen atoms in total. The number of nitrogens with zero attached hydrogens (tertiary/aromatic N) is 4. The first-order valence-electron chi connectivity index (χ1n) is 4.10. The fourth-order valence-corrected chi connectivity index (χ4v) is 1.28. The van der Waals surface area contributed by atoms with Crippen molar-refractivity contribution in [2.24, 2.45) is 0 Å². The molecular weight excluding hydrogens is 164 g/mol. The van der Waals surface area contributed by atoms with Crippen molar-refractivity contribution in [2.75, 3.05) is 0 Å². The first-order valence-corrected chi connectivity index (χ1v) is 4.10. The third kappa shape index (κ3) is 1.52. The molecule has 0 aliphatic heterocycles. The first-order chi connectivity index (χ1) is 6.24. The van der Waals surface area contributed by atoms with Crippen LogP contribution < -0.4 is 4.57 Å². The molecule has 13 heavy (non-hydrogen) atoms. The van der Waals surface area contributed by atoms with E-state index in [4.69, 9.17) is 10.5 Å². The molecule has 0 amide bonds. The molecule has 4 heteroatoms. The van der Waals surface area contributed by atoms with Crippen molar-refractivity contribution in [3.63, 3.8) is 0 Å². The van der Waals surface area contributed by atoms with Gasteiger partial charge in [0.15, 0.2) is 0 Å². The number of hydrogen-bond donors (Lipinski definition) is 0. The van der Waals surface area contributed by atoms with E-state index in [0.717, 1.165) is 12.4 Å². The largest absolute Gasteiger partial charge is 0.272 e. The van der Waals surface area contributed by atoms with Crippen LogP contribution in [-0.2, 0) is 6.54 Å². The number of aryl methyl sites for hydroxylation is 1. The van der Waals surface area contributed by atoms with Crippen LogP contribution in [0.5, 0.6) is 0 Å². The maximum absolute atomic E-state index is 8.68. The zero-order valence-corrected chi connectivity index (χ0v) is 7.73. The Balaban J connectivity index is 3.11. The predicted octanol–water partition coefficient (Wildman–Crippen LogP) is 0.692. The van der Waals surface area contributed by atoms with Gasteiger partial charge in [0.1, 0.15) is 24.5 Å². The van der Waals surface area contributed by atoms with E-state index in [0.29, 0.717) is 0 Å². The van der Waals surface area contributed by atoms with Crippen molar-refractivity contribution in [2.45, 2.75) is 26.4 Å². The van der Waals surface area contributed by atoms with Crippen molar-refractivity contribution in [3.05, 3.63) is 18.2 Å². The topological polar surface area (TPSA) is 56.4 Å². The van der Waals surface area contributed by atoms with Crippen LogP contribution in [0.3, 0.4) is 0 Å². The number of imidazole rings is 1. The lowest BCUT2D eigenvalue weighted by Gasteiger charge is -1.97. The Kier molecular flexibility index (Phi) is 2.66. The summed E-state index contributed by atoms with van der Waals surface area (Å²) in [6.07, 6.45) is 3.63. The normalized spacial score (nSPS) is 9.62. The van der Waals surface area contributed by atoms with Crippen molar-refractivity contribution in [3.8, 4) is 12.1 Å². The second-order valence-corrected chi connectivity index (χ2v) is 2.70. The molecule has 0 aliphatic rings. The predicted molar refractivity (Wildman–Crippen MR) is 45.3 cm³/mol. The van der Waals surface area contributed by atoms with E-state index in [1.807, 2.05) is 36.7 Å². The molecule has 1 heterocycles. The van der Waals surface area contributed by atoms with Crippen LogP contribution in [0.2, 0.25) is 0 Å². The molecule has 0 atom stereocenters. The summed E-state index contributed by atoms with van der Waals surface area (Å²) in [5.74, 6) is 0.926. The molecule has 1 aromatic heterocycles. The molecule has 0 aliphatic carbocycles.